The van der Waals surface area contributed by atoms with Gasteiger partial charge in [0.15, 0.2) is 17.4 Å². The number of anilines is 1. The van der Waals surface area contributed by atoms with Crippen molar-refractivity contribution in [3.05, 3.63) is 59.6 Å². The highest BCUT2D eigenvalue weighted by molar-refractivity contribution is 5.97. The number of carbonyl (C=O) groups is 1. The first kappa shape index (κ1) is 18.3. The number of aromatic nitrogens is 5. The molecule has 0 bridgehead atoms. The van der Waals surface area contributed by atoms with Crippen molar-refractivity contribution in [3.8, 4) is 5.69 Å². The lowest BCUT2D eigenvalue weighted by molar-refractivity contribution is 0.0991. The smallest absolute Gasteiger partial charge is 0.170 e. The number of nitrogens with zero attached hydrogens (tertiary/aromatic N) is 6. The van der Waals surface area contributed by atoms with Crippen LogP contribution in [0.25, 0.3) is 5.69 Å². The number of rotatable bonds is 5. The summed E-state index contributed by atoms with van der Waals surface area (Å²) in [6, 6.07) is 9.58. The molecule has 7 heteroatoms. The van der Waals surface area contributed by atoms with Crippen molar-refractivity contribution in [2.75, 3.05) is 4.90 Å². The summed E-state index contributed by atoms with van der Waals surface area (Å²) in [5, 5.41) is 8.69. The van der Waals surface area contributed by atoms with Crippen LogP contribution in [-0.4, -0.2) is 36.6 Å². The number of aryl methyl sites for hydroxylation is 1. The quantitative estimate of drug-likeness (QED) is 0.635. The largest absolute Gasteiger partial charge is 0.342 e. The van der Waals surface area contributed by atoms with Crippen LogP contribution in [0.3, 0.4) is 0 Å². The van der Waals surface area contributed by atoms with E-state index >= 15 is 0 Å². The summed E-state index contributed by atoms with van der Waals surface area (Å²) in [7, 11) is 0. The molecule has 0 radical (unpaired) electrons. The summed E-state index contributed by atoms with van der Waals surface area (Å²) in [6.45, 7) is 8.36. The van der Waals surface area contributed by atoms with Crippen molar-refractivity contribution in [1.82, 2.24) is 24.7 Å². The molecule has 0 fully saturated rings. The van der Waals surface area contributed by atoms with E-state index in [9.17, 15) is 4.79 Å². The topological polar surface area (TPSA) is 76.8 Å². The summed E-state index contributed by atoms with van der Waals surface area (Å²) >= 11 is 0. The van der Waals surface area contributed by atoms with Crippen LogP contribution in [-0.2, 0) is 6.42 Å². The zero-order valence-corrected chi connectivity index (χ0v) is 16.6. The van der Waals surface area contributed by atoms with Gasteiger partial charge in [0.05, 0.1) is 18.7 Å². The number of hydrogen-bond donors (Lipinski definition) is 0. The van der Waals surface area contributed by atoms with E-state index < -0.39 is 0 Å². The van der Waals surface area contributed by atoms with Gasteiger partial charge in [-0.3, -0.25) is 9.36 Å². The molecule has 28 heavy (non-hydrogen) atoms. The molecule has 3 heterocycles. The second-order valence-electron chi connectivity index (χ2n) is 7.33. The summed E-state index contributed by atoms with van der Waals surface area (Å²) in [5.74, 6) is 3.11. The summed E-state index contributed by atoms with van der Waals surface area (Å²) in [5.41, 5.74) is 1.54. The van der Waals surface area contributed by atoms with Gasteiger partial charge < -0.3 is 4.90 Å². The molecule has 0 aliphatic carbocycles. The maximum Gasteiger partial charge on any atom is 0.170 e. The van der Waals surface area contributed by atoms with E-state index in [1.165, 1.54) is 0 Å². The van der Waals surface area contributed by atoms with Crippen molar-refractivity contribution in [1.29, 1.82) is 0 Å². The fourth-order valence-electron chi connectivity index (χ4n) is 3.85. The van der Waals surface area contributed by atoms with Gasteiger partial charge in [-0.05, 0) is 27.2 Å². The molecular formula is C21H24N6O. The molecule has 0 saturated heterocycles. The molecule has 1 unspecified atom stereocenters. The van der Waals surface area contributed by atoms with Crippen LogP contribution in [0.4, 0.5) is 5.82 Å². The van der Waals surface area contributed by atoms with Gasteiger partial charge in [0, 0.05) is 11.6 Å². The van der Waals surface area contributed by atoms with Gasteiger partial charge in [0.2, 0.25) is 0 Å². The van der Waals surface area contributed by atoms with Crippen molar-refractivity contribution in [3.63, 3.8) is 0 Å². The van der Waals surface area contributed by atoms with Crippen LogP contribution in [0.5, 0.6) is 0 Å². The van der Waals surface area contributed by atoms with Crippen LogP contribution in [0.15, 0.2) is 36.5 Å². The Kier molecular flexibility index (Phi) is 4.66. The van der Waals surface area contributed by atoms with Crippen molar-refractivity contribution in [2.45, 2.75) is 52.6 Å². The molecule has 1 aromatic carbocycles. The Morgan fingerprint density at radius 1 is 1.18 bits per heavy atom. The molecule has 3 aromatic rings. The molecule has 144 valence electrons. The lowest BCUT2D eigenvalue weighted by atomic mass is 10.1. The SMILES string of the molecule is CCC1c2nnc(C)n2-c2cnc(CC(=O)c3ccccc3)nc2N1C(C)C. The predicted molar refractivity (Wildman–Crippen MR) is 107 cm³/mol. The van der Waals surface area contributed by atoms with Crippen LogP contribution >= 0.6 is 0 Å². The third-order valence-corrected chi connectivity index (χ3v) is 5.13. The monoisotopic (exact) mass is 376 g/mol. The maximum atomic E-state index is 12.6. The molecule has 0 saturated carbocycles. The molecule has 1 atom stereocenters. The Hall–Kier alpha value is -3.09. The van der Waals surface area contributed by atoms with Gasteiger partial charge >= 0.3 is 0 Å². The average molecular weight is 376 g/mol. The van der Waals surface area contributed by atoms with Gasteiger partial charge in [-0.15, -0.1) is 10.2 Å². The number of benzene rings is 1. The minimum Gasteiger partial charge on any atom is -0.342 e. The third-order valence-electron chi connectivity index (χ3n) is 5.13. The predicted octanol–water partition coefficient (Wildman–Crippen LogP) is 3.47. The molecule has 0 amide bonds. The lowest BCUT2D eigenvalue weighted by Crippen LogP contribution is -2.40. The second-order valence-corrected chi connectivity index (χ2v) is 7.33. The molecule has 2 aromatic heterocycles. The van der Waals surface area contributed by atoms with Gasteiger partial charge in [0.1, 0.15) is 17.3 Å². The first-order chi connectivity index (χ1) is 13.5. The summed E-state index contributed by atoms with van der Waals surface area (Å²) in [6.07, 6.45) is 2.85. The Bertz CT molecular complexity index is 1010. The van der Waals surface area contributed by atoms with Gasteiger partial charge in [-0.2, -0.15) is 0 Å². The third kappa shape index (κ3) is 2.96. The fraction of sp³-hybridized carbons (Fsp3) is 0.381. The fourth-order valence-corrected chi connectivity index (χ4v) is 3.85. The number of carbonyl (C=O) groups excluding carboxylic acids is 1. The number of Topliss-reactive ketones (excluding diaryl/α,β-unsaturated/α-hetero) is 1. The Morgan fingerprint density at radius 2 is 1.93 bits per heavy atom. The van der Waals surface area contributed by atoms with E-state index in [-0.39, 0.29) is 24.3 Å². The van der Waals surface area contributed by atoms with E-state index in [4.69, 9.17) is 4.98 Å². The molecule has 4 rings (SSSR count). The Balaban J connectivity index is 1.77. The summed E-state index contributed by atoms with van der Waals surface area (Å²) in [4.78, 5) is 24.2. The van der Waals surface area contributed by atoms with Gasteiger partial charge in [-0.1, -0.05) is 37.3 Å². The maximum absolute atomic E-state index is 12.6. The highest BCUT2D eigenvalue weighted by Gasteiger charge is 2.36. The average Bonchev–Trinajstić information content (AvgIpc) is 3.09. The first-order valence-corrected chi connectivity index (χ1v) is 9.66. The first-order valence-electron chi connectivity index (χ1n) is 9.66. The lowest BCUT2D eigenvalue weighted by Gasteiger charge is -2.39. The highest BCUT2D eigenvalue weighted by Crippen LogP contribution is 2.39. The van der Waals surface area contributed by atoms with E-state index in [0.717, 1.165) is 29.6 Å². The Morgan fingerprint density at radius 3 is 2.61 bits per heavy atom. The number of ketones is 1. The minimum absolute atomic E-state index is 0.0145. The molecule has 7 nitrogen and oxygen atoms in total. The van der Waals surface area contributed by atoms with E-state index in [2.05, 4.69) is 40.9 Å². The number of hydrogen-bond acceptors (Lipinski definition) is 6. The molecular weight excluding hydrogens is 352 g/mol. The van der Waals surface area contributed by atoms with Crippen LogP contribution in [0.1, 0.15) is 61.1 Å². The van der Waals surface area contributed by atoms with Gasteiger partial charge in [-0.25, -0.2) is 9.97 Å². The van der Waals surface area contributed by atoms with Crippen LogP contribution in [0.2, 0.25) is 0 Å². The standard InChI is InChI=1S/C21H24N6O/c1-5-16-21-25-24-14(4)27(21)17-12-22-19(23-20(17)26(16)13(2)3)11-18(28)15-9-7-6-8-10-15/h6-10,12-13,16H,5,11H2,1-4H3. The Labute approximate surface area is 164 Å². The second kappa shape index (κ2) is 7.14. The van der Waals surface area contributed by atoms with E-state index in [1.54, 1.807) is 6.20 Å². The zero-order chi connectivity index (χ0) is 19.8. The zero-order valence-electron chi connectivity index (χ0n) is 16.6. The number of fused-ring (bicyclic) bond motifs is 3. The van der Waals surface area contributed by atoms with Crippen LogP contribution in [0, 0.1) is 6.92 Å². The van der Waals surface area contributed by atoms with Crippen molar-refractivity contribution >= 4 is 11.6 Å². The van der Waals surface area contributed by atoms with Crippen LogP contribution < -0.4 is 4.90 Å². The normalized spacial score (nSPS) is 15.5. The molecule has 0 spiro atoms. The molecule has 0 N–H and O–H groups in total. The van der Waals surface area contributed by atoms with E-state index in [0.29, 0.717) is 11.4 Å². The highest BCUT2D eigenvalue weighted by atomic mass is 16.1. The molecule has 1 aliphatic rings. The molecule has 1 aliphatic heterocycles. The van der Waals surface area contributed by atoms with Crippen molar-refractivity contribution < 1.29 is 4.79 Å². The van der Waals surface area contributed by atoms with E-state index in [1.807, 2.05) is 41.8 Å². The minimum atomic E-state index is 0.0145. The van der Waals surface area contributed by atoms with Gasteiger partial charge in [0.25, 0.3) is 0 Å². The van der Waals surface area contributed by atoms with Crippen molar-refractivity contribution in [2.24, 2.45) is 0 Å². The summed E-state index contributed by atoms with van der Waals surface area (Å²) < 4.78 is 2.03.